The molecule has 1 N–H and O–H groups in total. The molecule has 0 spiro atoms. The smallest absolute Gasteiger partial charge is 0.140 e. The molecule has 1 unspecified atom stereocenters. The standard InChI is InChI=1S/C13H19N3/c1-10(2)4-5-11(3)16-13-7-6-12(8-14)15-9-13/h6-7,9-11,16H,4-5H2,1-3H3. The fourth-order valence-corrected chi connectivity index (χ4v) is 1.49. The van der Waals surface area contributed by atoms with Gasteiger partial charge in [-0.2, -0.15) is 5.26 Å². The van der Waals surface area contributed by atoms with Crippen molar-refractivity contribution in [2.24, 2.45) is 5.92 Å². The number of pyridine rings is 1. The SMILES string of the molecule is CC(C)CCC(C)Nc1ccc(C#N)nc1. The summed E-state index contributed by atoms with van der Waals surface area (Å²) in [4.78, 5) is 4.02. The van der Waals surface area contributed by atoms with Gasteiger partial charge in [-0.3, -0.25) is 0 Å². The van der Waals surface area contributed by atoms with Crippen molar-refractivity contribution in [1.29, 1.82) is 5.26 Å². The van der Waals surface area contributed by atoms with Gasteiger partial charge in [0, 0.05) is 6.04 Å². The van der Waals surface area contributed by atoms with Gasteiger partial charge in [-0.25, -0.2) is 4.98 Å². The number of nitrogens with zero attached hydrogens (tertiary/aromatic N) is 2. The van der Waals surface area contributed by atoms with Gasteiger partial charge in [-0.1, -0.05) is 13.8 Å². The number of nitrogens with one attached hydrogen (secondary N) is 1. The fraction of sp³-hybridized carbons (Fsp3) is 0.538. The molecule has 1 atom stereocenters. The van der Waals surface area contributed by atoms with E-state index in [2.05, 4.69) is 31.1 Å². The molecule has 3 nitrogen and oxygen atoms in total. The quantitative estimate of drug-likeness (QED) is 0.824. The van der Waals surface area contributed by atoms with Crippen molar-refractivity contribution in [3.63, 3.8) is 0 Å². The van der Waals surface area contributed by atoms with E-state index in [9.17, 15) is 0 Å². The molecule has 1 heterocycles. The van der Waals surface area contributed by atoms with Crippen LogP contribution in [0.2, 0.25) is 0 Å². The van der Waals surface area contributed by atoms with Crippen LogP contribution in [0.5, 0.6) is 0 Å². The van der Waals surface area contributed by atoms with Crippen LogP contribution in [-0.2, 0) is 0 Å². The summed E-state index contributed by atoms with van der Waals surface area (Å²) in [6.07, 6.45) is 4.08. The first-order chi connectivity index (χ1) is 7.61. The number of anilines is 1. The molecule has 0 saturated carbocycles. The lowest BCUT2D eigenvalue weighted by atomic mass is 10.0. The minimum absolute atomic E-state index is 0.442. The van der Waals surface area contributed by atoms with Crippen molar-refractivity contribution in [1.82, 2.24) is 4.98 Å². The van der Waals surface area contributed by atoms with E-state index in [0.29, 0.717) is 11.7 Å². The second kappa shape index (κ2) is 6.12. The molecular weight excluding hydrogens is 198 g/mol. The Kier molecular flexibility index (Phi) is 4.78. The molecule has 0 aromatic carbocycles. The molecule has 0 radical (unpaired) electrons. The topological polar surface area (TPSA) is 48.7 Å². The van der Waals surface area contributed by atoms with Crippen LogP contribution in [0.1, 0.15) is 39.3 Å². The zero-order valence-corrected chi connectivity index (χ0v) is 10.2. The number of hydrogen-bond donors (Lipinski definition) is 1. The van der Waals surface area contributed by atoms with Crippen LogP contribution in [0.25, 0.3) is 0 Å². The second-order valence-electron chi connectivity index (χ2n) is 4.56. The van der Waals surface area contributed by atoms with Gasteiger partial charge in [0.05, 0.1) is 11.9 Å². The zero-order valence-electron chi connectivity index (χ0n) is 10.2. The molecule has 1 aromatic heterocycles. The maximum absolute atomic E-state index is 8.62. The molecule has 86 valence electrons. The first kappa shape index (κ1) is 12.5. The third-order valence-corrected chi connectivity index (χ3v) is 2.47. The molecule has 0 bridgehead atoms. The highest BCUT2D eigenvalue weighted by molar-refractivity contribution is 5.43. The van der Waals surface area contributed by atoms with Crippen molar-refractivity contribution in [3.8, 4) is 6.07 Å². The number of nitriles is 1. The summed E-state index contributed by atoms with van der Waals surface area (Å²) >= 11 is 0. The van der Waals surface area contributed by atoms with E-state index in [0.717, 1.165) is 18.0 Å². The molecule has 3 heteroatoms. The van der Waals surface area contributed by atoms with Gasteiger partial charge in [-0.15, -0.1) is 0 Å². The van der Waals surface area contributed by atoms with Crippen LogP contribution < -0.4 is 5.32 Å². The first-order valence-corrected chi connectivity index (χ1v) is 5.74. The van der Waals surface area contributed by atoms with Gasteiger partial charge in [-0.05, 0) is 37.8 Å². The molecule has 16 heavy (non-hydrogen) atoms. The number of rotatable bonds is 5. The van der Waals surface area contributed by atoms with Gasteiger partial charge in [0.1, 0.15) is 11.8 Å². The lowest BCUT2D eigenvalue weighted by molar-refractivity contribution is 0.527. The van der Waals surface area contributed by atoms with E-state index in [-0.39, 0.29) is 0 Å². The minimum atomic E-state index is 0.442. The molecule has 0 aliphatic carbocycles. The predicted molar refractivity (Wildman–Crippen MR) is 66.1 cm³/mol. The lowest BCUT2D eigenvalue weighted by Gasteiger charge is -2.15. The Balaban J connectivity index is 2.44. The Morgan fingerprint density at radius 3 is 2.56 bits per heavy atom. The van der Waals surface area contributed by atoms with Gasteiger partial charge in [0.2, 0.25) is 0 Å². The third kappa shape index (κ3) is 4.31. The summed E-state index contributed by atoms with van der Waals surface area (Å²) in [6.45, 7) is 6.63. The highest BCUT2D eigenvalue weighted by Crippen LogP contribution is 2.12. The molecule has 0 aliphatic rings. The van der Waals surface area contributed by atoms with Crippen LogP contribution >= 0.6 is 0 Å². The average molecular weight is 217 g/mol. The predicted octanol–water partition coefficient (Wildman–Crippen LogP) is 3.19. The first-order valence-electron chi connectivity index (χ1n) is 5.74. The Morgan fingerprint density at radius 1 is 1.31 bits per heavy atom. The average Bonchev–Trinajstić information content (AvgIpc) is 2.27. The van der Waals surface area contributed by atoms with Crippen molar-refractivity contribution in [2.75, 3.05) is 5.32 Å². The maximum Gasteiger partial charge on any atom is 0.140 e. The van der Waals surface area contributed by atoms with E-state index in [1.165, 1.54) is 6.42 Å². The van der Waals surface area contributed by atoms with E-state index in [4.69, 9.17) is 5.26 Å². The Bertz CT molecular complexity index is 348. The molecular formula is C13H19N3. The molecule has 0 saturated heterocycles. The van der Waals surface area contributed by atoms with Gasteiger partial charge in [0.15, 0.2) is 0 Å². The largest absolute Gasteiger partial charge is 0.381 e. The lowest BCUT2D eigenvalue weighted by Crippen LogP contribution is -2.15. The highest BCUT2D eigenvalue weighted by Gasteiger charge is 2.03. The summed E-state index contributed by atoms with van der Waals surface area (Å²) in [7, 11) is 0. The van der Waals surface area contributed by atoms with E-state index >= 15 is 0 Å². The van der Waals surface area contributed by atoms with Crippen LogP contribution in [0.4, 0.5) is 5.69 Å². The third-order valence-electron chi connectivity index (χ3n) is 2.47. The maximum atomic E-state index is 8.62. The summed E-state index contributed by atoms with van der Waals surface area (Å²) < 4.78 is 0. The van der Waals surface area contributed by atoms with Crippen molar-refractivity contribution in [3.05, 3.63) is 24.0 Å². The van der Waals surface area contributed by atoms with E-state index in [1.807, 2.05) is 12.1 Å². The fourth-order valence-electron chi connectivity index (χ4n) is 1.49. The van der Waals surface area contributed by atoms with Crippen molar-refractivity contribution < 1.29 is 0 Å². The number of hydrogen-bond acceptors (Lipinski definition) is 3. The summed E-state index contributed by atoms with van der Waals surface area (Å²) in [5, 5.41) is 12.0. The van der Waals surface area contributed by atoms with Gasteiger partial charge >= 0.3 is 0 Å². The molecule has 1 aromatic rings. The van der Waals surface area contributed by atoms with E-state index < -0.39 is 0 Å². The summed E-state index contributed by atoms with van der Waals surface area (Å²) in [6, 6.07) is 6.08. The molecule has 0 aliphatic heterocycles. The van der Waals surface area contributed by atoms with Crippen LogP contribution in [0.15, 0.2) is 18.3 Å². The molecule has 0 amide bonds. The van der Waals surface area contributed by atoms with E-state index in [1.54, 1.807) is 12.3 Å². The van der Waals surface area contributed by atoms with Gasteiger partial charge in [0.25, 0.3) is 0 Å². The zero-order chi connectivity index (χ0) is 12.0. The summed E-state index contributed by atoms with van der Waals surface area (Å²) in [5.74, 6) is 0.739. The van der Waals surface area contributed by atoms with Crippen LogP contribution in [0, 0.1) is 17.2 Å². The Hall–Kier alpha value is -1.56. The van der Waals surface area contributed by atoms with Crippen LogP contribution in [0.3, 0.4) is 0 Å². The Morgan fingerprint density at radius 2 is 2.06 bits per heavy atom. The Labute approximate surface area is 97.5 Å². The normalized spacial score (nSPS) is 12.2. The summed E-state index contributed by atoms with van der Waals surface area (Å²) in [5.41, 5.74) is 1.44. The van der Waals surface area contributed by atoms with Gasteiger partial charge < -0.3 is 5.32 Å². The second-order valence-corrected chi connectivity index (χ2v) is 4.56. The van der Waals surface area contributed by atoms with Crippen molar-refractivity contribution >= 4 is 5.69 Å². The van der Waals surface area contributed by atoms with Crippen molar-refractivity contribution in [2.45, 2.75) is 39.7 Å². The number of aromatic nitrogens is 1. The van der Waals surface area contributed by atoms with Crippen LogP contribution in [-0.4, -0.2) is 11.0 Å². The highest BCUT2D eigenvalue weighted by atomic mass is 14.9. The minimum Gasteiger partial charge on any atom is -0.381 e. The monoisotopic (exact) mass is 217 g/mol. The molecule has 1 rings (SSSR count). The molecule has 0 fully saturated rings.